The molecule has 2 aromatic rings. The molecular formula is C18H22N2OS. The Morgan fingerprint density at radius 3 is 2.68 bits per heavy atom. The van der Waals surface area contributed by atoms with E-state index in [9.17, 15) is 4.55 Å². The second kappa shape index (κ2) is 6.73. The third-order valence-corrected chi connectivity index (χ3v) is 5.51. The Balaban J connectivity index is 1.59. The maximum absolute atomic E-state index is 12.1. The van der Waals surface area contributed by atoms with Crippen LogP contribution in [0.2, 0.25) is 0 Å². The number of nitrogens with zero attached hydrogens (tertiary/aromatic N) is 2. The SMILES string of the molecule is CN(CCc1ccc2c(c1)[S+]([O-])CN2C)Cc1ccccc1. The summed E-state index contributed by atoms with van der Waals surface area (Å²) in [6.07, 6.45) is 0.984. The fraction of sp³-hybridized carbons (Fsp3) is 0.333. The van der Waals surface area contributed by atoms with Crippen LogP contribution in [0.3, 0.4) is 0 Å². The van der Waals surface area contributed by atoms with Gasteiger partial charge >= 0.3 is 0 Å². The van der Waals surface area contributed by atoms with Crippen LogP contribution in [-0.4, -0.2) is 36.0 Å². The second-order valence-electron chi connectivity index (χ2n) is 5.95. The highest BCUT2D eigenvalue weighted by Crippen LogP contribution is 2.33. The highest BCUT2D eigenvalue weighted by atomic mass is 32.2. The molecule has 2 aromatic carbocycles. The molecule has 0 radical (unpaired) electrons. The van der Waals surface area contributed by atoms with Crippen LogP contribution >= 0.6 is 0 Å². The number of hydrogen-bond donors (Lipinski definition) is 0. The van der Waals surface area contributed by atoms with E-state index >= 15 is 0 Å². The molecule has 0 aliphatic carbocycles. The minimum absolute atomic E-state index is 0.618. The van der Waals surface area contributed by atoms with Crippen molar-refractivity contribution in [2.24, 2.45) is 0 Å². The van der Waals surface area contributed by atoms with Crippen molar-refractivity contribution in [3.05, 3.63) is 59.7 Å². The van der Waals surface area contributed by atoms with Gasteiger partial charge in [0.1, 0.15) is 0 Å². The summed E-state index contributed by atoms with van der Waals surface area (Å²) in [7, 11) is 4.14. The van der Waals surface area contributed by atoms with Gasteiger partial charge in [-0.2, -0.15) is 0 Å². The molecule has 1 unspecified atom stereocenters. The Kier molecular flexibility index (Phi) is 4.71. The van der Waals surface area contributed by atoms with Gasteiger partial charge in [-0.25, -0.2) is 0 Å². The lowest BCUT2D eigenvalue weighted by Gasteiger charge is -2.17. The smallest absolute Gasteiger partial charge is 0.183 e. The van der Waals surface area contributed by atoms with Gasteiger partial charge in [0.25, 0.3) is 0 Å². The van der Waals surface area contributed by atoms with Crippen LogP contribution in [0.1, 0.15) is 11.1 Å². The van der Waals surface area contributed by atoms with Gasteiger partial charge in [0.2, 0.25) is 0 Å². The highest BCUT2D eigenvalue weighted by molar-refractivity contribution is 7.92. The molecule has 0 spiro atoms. The summed E-state index contributed by atoms with van der Waals surface area (Å²) in [6, 6.07) is 16.9. The van der Waals surface area contributed by atoms with Gasteiger partial charge in [-0.15, -0.1) is 0 Å². The topological polar surface area (TPSA) is 29.5 Å². The van der Waals surface area contributed by atoms with Crippen molar-refractivity contribution in [1.82, 2.24) is 4.90 Å². The van der Waals surface area contributed by atoms with Crippen LogP contribution in [0.25, 0.3) is 0 Å². The normalized spacial score (nSPS) is 17.1. The summed E-state index contributed by atoms with van der Waals surface area (Å²) in [6.45, 7) is 1.95. The van der Waals surface area contributed by atoms with E-state index < -0.39 is 11.2 Å². The van der Waals surface area contributed by atoms with E-state index in [1.165, 1.54) is 11.1 Å². The summed E-state index contributed by atoms with van der Waals surface area (Å²) in [4.78, 5) is 5.38. The third kappa shape index (κ3) is 3.46. The van der Waals surface area contributed by atoms with Gasteiger partial charge in [-0.05, 0) is 36.7 Å². The molecule has 3 nitrogen and oxygen atoms in total. The molecule has 0 N–H and O–H groups in total. The van der Waals surface area contributed by atoms with Gasteiger partial charge in [0.15, 0.2) is 10.8 Å². The van der Waals surface area contributed by atoms with E-state index in [0.717, 1.165) is 30.1 Å². The minimum atomic E-state index is -0.872. The molecule has 0 aromatic heterocycles. The van der Waals surface area contributed by atoms with Gasteiger partial charge in [0, 0.05) is 31.3 Å². The highest BCUT2D eigenvalue weighted by Gasteiger charge is 2.28. The first-order valence-electron chi connectivity index (χ1n) is 7.58. The van der Waals surface area contributed by atoms with Crippen molar-refractivity contribution in [2.75, 3.05) is 31.4 Å². The Labute approximate surface area is 135 Å². The summed E-state index contributed by atoms with van der Waals surface area (Å²) in [5, 5.41) is 0. The molecule has 1 aliphatic heterocycles. The molecule has 1 atom stereocenters. The van der Waals surface area contributed by atoms with Gasteiger partial charge in [0.05, 0.1) is 5.69 Å². The van der Waals surface area contributed by atoms with Crippen molar-refractivity contribution in [3.63, 3.8) is 0 Å². The molecule has 0 saturated heterocycles. The van der Waals surface area contributed by atoms with Crippen LogP contribution in [0.4, 0.5) is 5.69 Å². The maximum Gasteiger partial charge on any atom is 0.183 e. The predicted octanol–water partition coefficient (Wildman–Crippen LogP) is 2.88. The molecule has 0 fully saturated rings. The lowest BCUT2D eigenvalue weighted by Crippen LogP contribution is -2.20. The van der Waals surface area contributed by atoms with Gasteiger partial charge in [-0.1, -0.05) is 36.4 Å². The van der Waals surface area contributed by atoms with Crippen molar-refractivity contribution < 1.29 is 4.55 Å². The fourth-order valence-corrected chi connectivity index (χ4v) is 4.19. The van der Waals surface area contributed by atoms with Crippen LogP contribution in [0.5, 0.6) is 0 Å². The number of benzene rings is 2. The Bertz CT molecular complexity index is 632. The molecular weight excluding hydrogens is 292 g/mol. The predicted molar refractivity (Wildman–Crippen MR) is 92.6 cm³/mol. The molecule has 3 rings (SSSR count). The Morgan fingerprint density at radius 1 is 1.14 bits per heavy atom. The van der Waals surface area contributed by atoms with Gasteiger partial charge < -0.3 is 14.4 Å². The third-order valence-electron chi connectivity index (χ3n) is 4.07. The molecule has 116 valence electrons. The van der Waals surface area contributed by atoms with Gasteiger partial charge in [-0.3, -0.25) is 0 Å². The minimum Gasteiger partial charge on any atom is -0.610 e. The lowest BCUT2D eigenvalue weighted by atomic mass is 10.1. The number of anilines is 1. The van der Waals surface area contributed by atoms with Crippen LogP contribution in [-0.2, 0) is 24.1 Å². The first-order valence-corrected chi connectivity index (χ1v) is 8.90. The number of rotatable bonds is 5. The van der Waals surface area contributed by atoms with Crippen LogP contribution in [0.15, 0.2) is 53.4 Å². The Morgan fingerprint density at radius 2 is 1.91 bits per heavy atom. The van der Waals surface area contributed by atoms with E-state index in [2.05, 4.69) is 59.3 Å². The van der Waals surface area contributed by atoms with Crippen molar-refractivity contribution in [3.8, 4) is 0 Å². The monoisotopic (exact) mass is 314 g/mol. The number of hydrogen-bond acceptors (Lipinski definition) is 3. The molecule has 1 heterocycles. The van der Waals surface area contributed by atoms with E-state index in [1.54, 1.807) is 0 Å². The zero-order valence-electron chi connectivity index (χ0n) is 13.2. The molecule has 0 saturated carbocycles. The van der Waals surface area contributed by atoms with Crippen molar-refractivity contribution >= 4 is 16.9 Å². The molecule has 1 aliphatic rings. The quantitative estimate of drug-likeness (QED) is 0.795. The number of likely N-dealkylation sites (N-methyl/N-ethyl adjacent to an activating group) is 1. The largest absolute Gasteiger partial charge is 0.610 e. The summed E-state index contributed by atoms with van der Waals surface area (Å²) in [5.41, 5.74) is 3.71. The Hall–Kier alpha value is -1.49. The molecule has 0 amide bonds. The first-order chi connectivity index (χ1) is 10.6. The van der Waals surface area contributed by atoms with E-state index in [-0.39, 0.29) is 0 Å². The average molecular weight is 314 g/mol. The van der Waals surface area contributed by atoms with E-state index in [4.69, 9.17) is 0 Å². The lowest BCUT2D eigenvalue weighted by molar-refractivity contribution is 0.331. The molecule has 4 heteroatoms. The van der Waals surface area contributed by atoms with Crippen LogP contribution < -0.4 is 4.90 Å². The van der Waals surface area contributed by atoms with Crippen molar-refractivity contribution in [1.29, 1.82) is 0 Å². The second-order valence-corrected chi connectivity index (χ2v) is 7.34. The van der Waals surface area contributed by atoms with Crippen molar-refractivity contribution in [2.45, 2.75) is 17.9 Å². The average Bonchev–Trinajstić information content (AvgIpc) is 2.81. The number of fused-ring (bicyclic) bond motifs is 1. The summed E-state index contributed by atoms with van der Waals surface area (Å²) >= 11 is -0.872. The molecule has 22 heavy (non-hydrogen) atoms. The first kappa shape index (κ1) is 15.4. The van der Waals surface area contributed by atoms with E-state index in [0.29, 0.717) is 5.88 Å². The summed E-state index contributed by atoms with van der Waals surface area (Å²) in [5.74, 6) is 0.618. The maximum atomic E-state index is 12.1. The zero-order chi connectivity index (χ0) is 15.5. The summed E-state index contributed by atoms with van der Waals surface area (Å²) < 4.78 is 12.1. The fourth-order valence-electron chi connectivity index (χ4n) is 2.82. The zero-order valence-corrected chi connectivity index (χ0v) is 14.0. The standard InChI is InChI=1S/C18H22N2OS/c1-19(13-16-6-4-3-5-7-16)11-10-15-8-9-17-18(12-15)22(21)14-20(17)2/h3-9,12H,10-11,13-14H2,1-2H3. The van der Waals surface area contributed by atoms with Crippen LogP contribution in [0, 0.1) is 0 Å². The van der Waals surface area contributed by atoms with E-state index in [1.807, 2.05) is 13.1 Å². The molecule has 0 bridgehead atoms.